The second-order valence-electron chi connectivity index (χ2n) is 6.05. The Morgan fingerprint density at radius 3 is 2.71 bits per heavy atom. The van der Waals surface area contributed by atoms with Gasteiger partial charge in [0.25, 0.3) is 0 Å². The average molecular weight is 371 g/mol. The number of hydrogen-bond acceptors (Lipinski definition) is 3. The molecule has 0 radical (unpaired) electrons. The zero-order chi connectivity index (χ0) is 15.2. The quantitative estimate of drug-likeness (QED) is 0.885. The minimum atomic E-state index is -0.711. The van der Waals surface area contributed by atoms with Crippen LogP contribution in [0.1, 0.15) is 38.0 Å². The number of carbonyl (C=O) groups excluding carboxylic acids is 2. The Balaban J connectivity index is 1.89. The summed E-state index contributed by atoms with van der Waals surface area (Å²) in [6, 6.07) is 1.66. The Bertz CT molecular complexity index is 584. The monoisotopic (exact) mass is 370 g/mol. The molecule has 114 valence electrons. The first-order valence-electron chi connectivity index (χ1n) is 7.31. The topological polar surface area (TPSA) is 49.4 Å². The number of carbonyl (C=O) groups is 2. The summed E-state index contributed by atoms with van der Waals surface area (Å²) in [6.45, 7) is 4.35. The van der Waals surface area contributed by atoms with E-state index in [1.165, 1.54) is 0 Å². The van der Waals surface area contributed by atoms with Gasteiger partial charge in [-0.2, -0.15) is 0 Å². The molecule has 2 fully saturated rings. The number of nitrogens with zero attached hydrogens (tertiary/aromatic N) is 1. The highest BCUT2D eigenvalue weighted by atomic mass is 79.9. The SMILES string of the molecule is CCC1C(=O)NC(C)(C2CC2)C(=O)N1Cc1cc(Br)cs1. The average Bonchev–Trinajstić information content (AvgIpc) is 3.21. The van der Waals surface area contributed by atoms with Crippen LogP contribution in [0.25, 0.3) is 0 Å². The molecule has 1 aliphatic carbocycles. The highest BCUT2D eigenvalue weighted by Gasteiger charge is 2.54. The van der Waals surface area contributed by atoms with Crippen LogP contribution in [0, 0.1) is 5.92 Å². The van der Waals surface area contributed by atoms with Crippen LogP contribution in [0.2, 0.25) is 0 Å². The van der Waals surface area contributed by atoms with Crippen molar-refractivity contribution in [2.24, 2.45) is 5.92 Å². The fourth-order valence-electron chi connectivity index (χ4n) is 3.10. The van der Waals surface area contributed by atoms with Gasteiger partial charge < -0.3 is 10.2 Å². The molecular weight excluding hydrogens is 352 g/mol. The van der Waals surface area contributed by atoms with Crippen molar-refractivity contribution in [1.29, 1.82) is 0 Å². The number of amides is 2. The molecule has 0 aromatic carbocycles. The van der Waals surface area contributed by atoms with Crippen molar-refractivity contribution in [3.05, 3.63) is 20.8 Å². The molecule has 1 N–H and O–H groups in total. The van der Waals surface area contributed by atoms with E-state index in [9.17, 15) is 9.59 Å². The van der Waals surface area contributed by atoms with E-state index >= 15 is 0 Å². The normalized spacial score (nSPS) is 29.7. The fourth-order valence-corrected chi connectivity index (χ4v) is 4.55. The van der Waals surface area contributed by atoms with E-state index in [1.54, 1.807) is 16.2 Å². The summed E-state index contributed by atoms with van der Waals surface area (Å²) < 4.78 is 1.02. The Morgan fingerprint density at radius 2 is 2.19 bits per heavy atom. The smallest absolute Gasteiger partial charge is 0.249 e. The molecule has 3 rings (SSSR count). The van der Waals surface area contributed by atoms with Crippen molar-refractivity contribution >= 4 is 39.1 Å². The van der Waals surface area contributed by atoms with Crippen LogP contribution in [0.3, 0.4) is 0 Å². The van der Waals surface area contributed by atoms with Gasteiger partial charge in [-0.05, 0) is 54.1 Å². The maximum absolute atomic E-state index is 13.0. The van der Waals surface area contributed by atoms with Crippen molar-refractivity contribution in [3.63, 3.8) is 0 Å². The van der Waals surface area contributed by atoms with Gasteiger partial charge in [0, 0.05) is 14.7 Å². The van der Waals surface area contributed by atoms with Gasteiger partial charge in [-0.1, -0.05) is 6.92 Å². The van der Waals surface area contributed by atoms with Gasteiger partial charge in [-0.3, -0.25) is 9.59 Å². The number of nitrogens with one attached hydrogen (secondary N) is 1. The first-order chi connectivity index (χ1) is 9.95. The predicted octanol–water partition coefficient (Wildman–Crippen LogP) is 2.92. The Kier molecular flexibility index (Phi) is 3.86. The molecule has 1 aromatic heterocycles. The highest BCUT2D eigenvalue weighted by Crippen LogP contribution is 2.42. The summed E-state index contributed by atoms with van der Waals surface area (Å²) in [6.07, 6.45) is 2.69. The lowest BCUT2D eigenvalue weighted by Crippen LogP contribution is -2.69. The maximum atomic E-state index is 13.0. The van der Waals surface area contributed by atoms with E-state index in [0.29, 0.717) is 18.9 Å². The summed E-state index contributed by atoms with van der Waals surface area (Å²) in [7, 11) is 0. The fraction of sp³-hybridized carbons (Fsp3) is 0.600. The standard InChI is InChI=1S/C15H19BrN2O2S/c1-3-12-13(19)17-15(2,9-4-5-9)14(20)18(12)7-11-6-10(16)8-21-11/h6,8-9,12H,3-5,7H2,1-2H3,(H,17,19). The van der Waals surface area contributed by atoms with Crippen molar-refractivity contribution < 1.29 is 9.59 Å². The summed E-state index contributed by atoms with van der Waals surface area (Å²) >= 11 is 5.05. The van der Waals surface area contributed by atoms with Crippen molar-refractivity contribution in [3.8, 4) is 0 Å². The van der Waals surface area contributed by atoms with Crippen LogP contribution in [0.5, 0.6) is 0 Å². The van der Waals surface area contributed by atoms with Crippen molar-refractivity contribution in [1.82, 2.24) is 10.2 Å². The second kappa shape index (κ2) is 5.39. The zero-order valence-corrected chi connectivity index (χ0v) is 14.6. The minimum Gasteiger partial charge on any atom is -0.340 e. The van der Waals surface area contributed by atoms with E-state index in [2.05, 4.69) is 21.2 Å². The lowest BCUT2D eigenvalue weighted by molar-refractivity contribution is -0.156. The number of hydrogen-bond donors (Lipinski definition) is 1. The molecule has 1 aromatic rings. The van der Waals surface area contributed by atoms with Gasteiger partial charge in [0.15, 0.2) is 0 Å². The molecule has 2 amide bonds. The third-order valence-electron chi connectivity index (χ3n) is 4.50. The Hall–Kier alpha value is -0.880. The Morgan fingerprint density at radius 1 is 1.48 bits per heavy atom. The summed E-state index contributed by atoms with van der Waals surface area (Å²) in [5.74, 6) is 0.354. The molecule has 21 heavy (non-hydrogen) atoms. The third kappa shape index (κ3) is 2.63. The number of thiophene rings is 1. The molecule has 6 heteroatoms. The third-order valence-corrected chi connectivity index (χ3v) is 6.18. The summed E-state index contributed by atoms with van der Waals surface area (Å²) in [5.41, 5.74) is -0.711. The van der Waals surface area contributed by atoms with Crippen molar-refractivity contribution in [2.75, 3.05) is 0 Å². The molecule has 1 saturated carbocycles. The Labute approximate surface area is 137 Å². The highest BCUT2D eigenvalue weighted by molar-refractivity contribution is 9.10. The van der Waals surface area contributed by atoms with Gasteiger partial charge >= 0.3 is 0 Å². The largest absolute Gasteiger partial charge is 0.340 e. The van der Waals surface area contributed by atoms with Crippen molar-refractivity contribution in [2.45, 2.75) is 51.2 Å². The van der Waals surface area contributed by atoms with E-state index < -0.39 is 5.54 Å². The van der Waals surface area contributed by atoms with E-state index in [0.717, 1.165) is 22.2 Å². The lowest BCUT2D eigenvalue weighted by Gasteiger charge is -2.44. The molecule has 2 aliphatic rings. The molecule has 2 atom stereocenters. The first kappa shape index (κ1) is 15.0. The molecule has 2 heterocycles. The van der Waals surface area contributed by atoms with Crippen LogP contribution >= 0.6 is 27.3 Å². The molecule has 0 spiro atoms. The van der Waals surface area contributed by atoms with Gasteiger partial charge in [0.2, 0.25) is 11.8 Å². The zero-order valence-electron chi connectivity index (χ0n) is 12.2. The van der Waals surface area contributed by atoms with Gasteiger partial charge in [0.1, 0.15) is 11.6 Å². The van der Waals surface area contributed by atoms with E-state index in [4.69, 9.17) is 0 Å². The lowest BCUT2D eigenvalue weighted by atomic mass is 9.89. The number of piperazine rings is 1. The molecule has 2 unspecified atom stereocenters. The second-order valence-corrected chi connectivity index (χ2v) is 7.97. The molecule has 0 bridgehead atoms. The predicted molar refractivity (Wildman–Crippen MR) is 85.9 cm³/mol. The summed E-state index contributed by atoms with van der Waals surface area (Å²) in [4.78, 5) is 28.2. The molecular formula is C15H19BrN2O2S. The van der Waals surface area contributed by atoms with Crippen LogP contribution in [0.4, 0.5) is 0 Å². The summed E-state index contributed by atoms with van der Waals surface area (Å²) in [5, 5.41) is 5.00. The van der Waals surface area contributed by atoms with E-state index in [-0.39, 0.29) is 17.9 Å². The van der Waals surface area contributed by atoms with Crippen LogP contribution in [0.15, 0.2) is 15.9 Å². The number of rotatable bonds is 4. The van der Waals surface area contributed by atoms with Crippen LogP contribution in [-0.4, -0.2) is 28.3 Å². The molecule has 4 nitrogen and oxygen atoms in total. The maximum Gasteiger partial charge on any atom is 0.249 e. The first-order valence-corrected chi connectivity index (χ1v) is 8.99. The molecule has 1 aliphatic heterocycles. The van der Waals surface area contributed by atoms with Crippen LogP contribution < -0.4 is 5.32 Å². The van der Waals surface area contributed by atoms with Crippen LogP contribution in [-0.2, 0) is 16.1 Å². The van der Waals surface area contributed by atoms with Gasteiger partial charge in [-0.15, -0.1) is 11.3 Å². The minimum absolute atomic E-state index is 0.0119. The van der Waals surface area contributed by atoms with Gasteiger partial charge in [-0.25, -0.2) is 0 Å². The number of halogens is 1. The van der Waals surface area contributed by atoms with Gasteiger partial charge in [0.05, 0.1) is 6.54 Å². The molecule has 1 saturated heterocycles. The van der Waals surface area contributed by atoms with E-state index in [1.807, 2.05) is 25.3 Å².